The van der Waals surface area contributed by atoms with Gasteiger partial charge in [0.05, 0.1) is 5.56 Å². The molecular weight excluding hydrogens is 240 g/mol. The second-order valence-corrected chi connectivity index (χ2v) is 5.59. The quantitative estimate of drug-likeness (QED) is 0.903. The Morgan fingerprint density at radius 3 is 2.68 bits per heavy atom. The molecule has 0 saturated carbocycles. The molecule has 1 aliphatic rings. The predicted molar refractivity (Wildman–Crippen MR) is 75.2 cm³/mol. The zero-order chi connectivity index (χ0) is 13.8. The van der Waals surface area contributed by atoms with Crippen LogP contribution in [0.25, 0.3) is 0 Å². The minimum atomic E-state index is -0.117. The Morgan fingerprint density at radius 2 is 2.11 bits per heavy atom. The molecular formula is C14H22N4O. The van der Waals surface area contributed by atoms with Gasteiger partial charge in [-0.05, 0) is 32.6 Å². The van der Waals surface area contributed by atoms with Gasteiger partial charge in [-0.2, -0.15) is 0 Å². The summed E-state index contributed by atoms with van der Waals surface area (Å²) in [7, 11) is 0. The van der Waals surface area contributed by atoms with E-state index in [2.05, 4.69) is 27.1 Å². The van der Waals surface area contributed by atoms with Crippen LogP contribution in [0, 0.1) is 5.92 Å². The van der Waals surface area contributed by atoms with E-state index in [4.69, 9.17) is 0 Å². The van der Waals surface area contributed by atoms with Gasteiger partial charge in [-0.15, -0.1) is 0 Å². The molecule has 0 bridgehead atoms. The lowest BCUT2D eigenvalue weighted by Gasteiger charge is -2.30. The topological polar surface area (TPSA) is 58.1 Å². The third-order valence-corrected chi connectivity index (χ3v) is 3.26. The van der Waals surface area contributed by atoms with Gasteiger partial charge in [-0.25, -0.2) is 9.97 Å². The minimum absolute atomic E-state index is 0.117. The molecule has 104 valence electrons. The number of hydrogen-bond acceptors (Lipinski definition) is 4. The van der Waals surface area contributed by atoms with Crippen LogP contribution in [0.5, 0.6) is 0 Å². The lowest BCUT2D eigenvalue weighted by atomic mass is 10.0. The lowest BCUT2D eigenvalue weighted by molar-refractivity contribution is 0.0942. The number of hydrogen-bond donors (Lipinski definition) is 1. The zero-order valence-corrected chi connectivity index (χ0v) is 11.9. The number of anilines is 1. The summed E-state index contributed by atoms with van der Waals surface area (Å²) in [5.74, 6) is 1.29. The highest BCUT2D eigenvalue weighted by Gasteiger charge is 2.18. The summed E-state index contributed by atoms with van der Waals surface area (Å²) in [6.07, 6.45) is 5.67. The van der Waals surface area contributed by atoms with Gasteiger partial charge in [0, 0.05) is 31.5 Å². The maximum absolute atomic E-state index is 11.8. The molecule has 0 aromatic carbocycles. The Morgan fingerprint density at radius 1 is 1.42 bits per heavy atom. The van der Waals surface area contributed by atoms with E-state index in [0.717, 1.165) is 19.0 Å². The maximum Gasteiger partial charge on any atom is 0.254 e. The third kappa shape index (κ3) is 3.66. The Hall–Kier alpha value is -1.65. The molecule has 1 amide bonds. The fraction of sp³-hybridized carbons (Fsp3) is 0.643. The van der Waals surface area contributed by atoms with Crippen molar-refractivity contribution in [1.29, 1.82) is 0 Å². The fourth-order valence-corrected chi connectivity index (χ4v) is 2.32. The minimum Gasteiger partial charge on any atom is -0.350 e. The van der Waals surface area contributed by atoms with Gasteiger partial charge in [0.2, 0.25) is 5.95 Å². The van der Waals surface area contributed by atoms with E-state index >= 15 is 0 Å². The van der Waals surface area contributed by atoms with Crippen molar-refractivity contribution < 1.29 is 4.79 Å². The highest BCUT2D eigenvalue weighted by Crippen LogP contribution is 2.19. The SMILES string of the molecule is CC1CCCN(c2ncc(C(=O)NC(C)C)cn2)C1. The summed E-state index contributed by atoms with van der Waals surface area (Å²) in [5, 5.41) is 2.83. The molecule has 1 aromatic heterocycles. The van der Waals surface area contributed by atoms with E-state index in [9.17, 15) is 4.79 Å². The lowest BCUT2D eigenvalue weighted by Crippen LogP contribution is -2.35. The van der Waals surface area contributed by atoms with Crippen LogP contribution in [0.1, 0.15) is 44.0 Å². The van der Waals surface area contributed by atoms with E-state index in [1.54, 1.807) is 12.4 Å². The number of amides is 1. The van der Waals surface area contributed by atoms with Gasteiger partial charge in [-0.1, -0.05) is 6.92 Å². The van der Waals surface area contributed by atoms with Gasteiger partial charge >= 0.3 is 0 Å². The first kappa shape index (κ1) is 13.8. The van der Waals surface area contributed by atoms with Crippen molar-refractivity contribution in [2.24, 2.45) is 5.92 Å². The standard InChI is InChI=1S/C14H22N4O/c1-10(2)17-13(19)12-7-15-14(16-8-12)18-6-4-5-11(3)9-18/h7-8,10-11H,4-6,9H2,1-3H3,(H,17,19). The normalized spacial score (nSPS) is 19.6. The molecule has 1 fully saturated rings. The number of carbonyl (C=O) groups is 1. The number of nitrogens with one attached hydrogen (secondary N) is 1. The summed E-state index contributed by atoms with van der Waals surface area (Å²) in [6.45, 7) is 8.11. The molecule has 0 radical (unpaired) electrons. The van der Waals surface area contributed by atoms with E-state index in [1.807, 2.05) is 13.8 Å². The van der Waals surface area contributed by atoms with Gasteiger partial charge in [0.1, 0.15) is 0 Å². The van der Waals surface area contributed by atoms with Crippen molar-refractivity contribution in [3.05, 3.63) is 18.0 Å². The number of piperidine rings is 1. The molecule has 1 aliphatic heterocycles. The molecule has 1 saturated heterocycles. The summed E-state index contributed by atoms with van der Waals surface area (Å²) >= 11 is 0. The first-order chi connectivity index (χ1) is 9.06. The Balaban J connectivity index is 2.03. The summed E-state index contributed by atoms with van der Waals surface area (Å²) in [6, 6.07) is 0.120. The van der Waals surface area contributed by atoms with Gasteiger partial charge in [-0.3, -0.25) is 4.79 Å². The number of rotatable bonds is 3. The molecule has 1 unspecified atom stereocenters. The summed E-state index contributed by atoms with van der Waals surface area (Å²) < 4.78 is 0. The van der Waals surface area contributed by atoms with Crippen molar-refractivity contribution in [1.82, 2.24) is 15.3 Å². The van der Waals surface area contributed by atoms with E-state index in [1.165, 1.54) is 12.8 Å². The van der Waals surface area contributed by atoms with Crippen molar-refractivity contribution in [2.75, 3.05) is 18.0 Å². The fourth-order valence-electron chi connectivity index (χ4n) is 2.32. The van der Waals surface area contributed by atoms with Crippen LogP contribution in [-0.4, -0.2) is 35.0 Å². The maximum atomic E-state index is 11.8. The van der Waals surface area contributed by atoms with Crippen LogP contribution in [-0.2, 0) is 0 Å². The molecule has 0 spiro atoms. The molecule has 2 heterocycles. The molecule has 0 aliphatic carbocycles. The van der Waals surface area contributed by atoms with E-state index < -0.39 is 0 Å². The van der Waals surface area contributed by atoms with Gasteiger partial charge in [0.25, 0.3) is 5.91 Å². The second kappa shape index (κ2) is 5.99. The van der Waals surface area contributed by atoms with Crippen LogP contribution in [0.4, 0.5) is 5.95 Å². The monoisotopic (exact) mass is 262 g/mol. The van der Waals surface area contributed by atoms with E-state index in [-0.39, 0.29) is 11.9 Å². The molecule has 1 atom stereocenters. The molecule has 5 nitrogen and oxygen atoms in total. The first-order valence-electron chi connectivity index (χ1n) is 6.94. The molecule has 19 heavy (non-hydrogen) atoms. The zero-order valence-electron chi connectivity index (χ0n) is 11.9. The smallest absolute Gasteiger partial charge is 0.254 e. The summed E-state index contributed by atoms with van der Waals surface area (Å²) in [4.78, 5) is 22.6. The molecule has 1 N–H and O–H groups in total. The first-order valence-corrected chi connectivity index (χ1v) is 6.94. The number of nitrogens with zero attached hydrogens (tertiary/aromatic N) is 3. The Labute approximate surface area is 114 Å². The Kier molecular flexibility index (Phi) is 4.35. The highest BCUT2D eigenvalue weighted by atomic mass is 16.1. The Bertz CT molecular complexity index is 430. The van der Waals surface area contributed by atoms with Gasteiger partial charge in [0.15, 0.2) is 0 Å². The predicted octanol–water partition coefficient (Wildman–Crippen LogP) is 1.85. The molecule has 1 aromatic rings. The highest BCUT2D eigenvalue weighted by molar-refractivity contribution is 5.93. The average Bonchev–Trinajstić information content (AvgIpc) is 2.38. The molecule has 2 rings (SSSR count). The van der Waals surface area contributed by atoms with Crippen LogP contribution >= 0.6 is 0 Å². The van der Waals surface area contributed by atoms with Crippen molar-refractivity contribution >= 4 is 11.9 Å². The van der Waals surface area contributed by atoms with Crippen molar-refractivity contribution in [3.63, 3.8) is 0 Å². The van der Waals surface area contributed by atoms with Crippen molar-refractivity contribution in [3.8, 4) is 0 Å². The third-order valence-electron chi connectivity index (χ3n) is 3.26. The van der Waals surface area contributed by atoms with Crippen LogP contribution in [0.15, 0.2) is 12.4 Å². The van der Waals surface area contributed by atoms with Crippen LogP contribution in [0.3, 0.4) is 0 Å². The number of aromatic nitrogens is 2. The van der Waals surface area contributed by atoms with Crippen LogP contribution in [0.2, 0.25) is 0 Å². The molecule has 5 heteroatoms. The second-order valence-electron chi connectivity index (χ2n) is 5.59. The van der Waals surface area contributed by atoms with E-state index in [0.29, 0.717) is 11.5 Å². The average molecular weight is 262 g/mol. The largest absolute Gasteiger partial charge is 0.350 e. The van der Waals surface area contributed by atoms with Crippen LogP contribution < -0.4 is 10.2 Å². The number of carbonyl (C=O) groups excluding carboxylic acids is 1. The van der Waals surface area contributed by atoms with Gasteiger partial charge < -0.3 is 10.2 Å². The summed E-state index contributed by atoms with van der Waals surface area (Å²) in [5.41, 5.74) is 0.516. The van der Waals surface area contributed by atoms with Crippen molar-refractivity contribution in [2.45, 2.75) is 39.7 Å².